The molecule has 59 heavy (non-hydrogen) atoms. The highest BCUT2D eigenvalue weighted by atomic mass is 31.2. The lowest BCUT2D eigenvalue weighted by molar-refractivity contribution is -0.161. The maximum absolute atomic E-state index is 12.6. The van der Waals surface area contributed by atoms with E-state index in [1.54, 1.807) is 0 Å². The van der Waals surface area contributed by atoms with Crippen molar-refractivity contribution in [2.45, 2.75) is 225 Å². The highest BCUT2D eigenvalue weighted by molar-refractivity contribution is 7.47. The lowest BCUT2D eigenvalue weighted by Crippen LogP contribution is -2.29. The van der Waals surface area contributed by atoms with E-state index in [-0.39, 0.29) is 32.6 Å². The van der Waals surface area contributed by atoms with Crippen LogP contribution in [0.4, 0.5) is 0 Å². The van der Waals surface area contributed by atoms with Crippen LogP contribution in [0, 0.1) is 0 Å². The minimum Gasteiger partial charge on any atom is -0.462 e. The molecule has 9 nitrogen and oxygen atoms in total. The number of hydrogen-bond acceptors (Lipinski definition) is 8. The molecule has 0 aromatic carbocycles. The largest absolute Gasteiger partial charge is 0.472 e. The van der Waals surface area contributed by atoms with Gasteiger partial charge in [0.25, 0.3) is 0 Å². The van der Waals surface area contributed by atoms with Crippen LogP contribution in [-0.2, 0) is 32.7 Å². The number of carbonyl (C=O) groups is 2. The zero-order valence-corrected chi connectivity index (χ0v) is 38.9. The lowest BCUT2D eigenvalue weighted by atomic mass is 10.0. The van der Waals surface area contributed by atoms with Gasteiger partial charge in [-0.05, 0) is 51.4 Å². The minimum atomic E-state index is -4.39. The maximum Gasteiger partial charge on any atom is 0.472 e. The first-order chi connectivity index (χ1) is 28.8. The van der Waals surface area contributed by atoms with E-state index < -0.39 is 32.5 Å². The van der Waals surface area contributed by atoms with Gasteiger partial charge in [-0.15, -0.1) is 0 Å². The third-order valence-electron chi connectivity index (χ3n) is 10.2. The molecule has 344 valence electrons. The van der Waals surface area contributed by atoms with E-state index in [0.29, 0.717) is 12.8 Å². The fourth-order valence-electron chi connectivity index (χ4n) is 6.69. The second-order valence-electron chi connectivity index (χ2n) is 16.0. The molecule has 0 aliphatic carbocycles. The molecule has 0 rings (SSSR count). The molecule has 0 heterocycles. The van der Waals surface area contributed by atoms with Crippen LogP contribution in [0.15, 0.2) is 48.6 Å². The van der Waals surface area contributed by atoms with E-state index in [0.717, 1.165) is 64.2 Å². The molecule has 0 aromatic heterocycles. The molecule has 0 bridgehead atoms. The van der Waals surface area contributed by atoms with Gasteiger partial charge in [0, 0.05) is 19.4 Å². The third-order valence-corrected chi connectivity index (χ3v) is 11.2. The Kier molecular flexibility index (Phi) is 43.9. The molecule has 10 heteroatoms. The average Bonchev–Trinajstić information content (AvgIpc) is 3.22. The molecule has 0 saturated heterocycles. The number of phosphoric ester groups is 1. The highest BCUT2D eigenvalue weighted by Crippen LogP contribution is 2.43. The van der Waals surface area contributed by atoms with E-state index in [9.17, 15) is 19.0 Å². The lowest BCUT2D eigenvalue weighted by Gasteiger charge is -2.19. The van der Waals surface area contributed by atoms with Gasteiger partial charge >= 0.3 is 19.8 Å². The van der Waals surface area contributed by atoms with Crippen molar-refractivity contribution in [2.24, 2.45) is 5.73 Å². The number of hydrogen-bond donors (Lipinski definition) is 2. The van der Waals surface area contributed by atoms with Gasteiger partial charge in [-0.1, -0.05) is 204 Å². The minimum absolute atomic E-state index is 0.0495. The van der Waals surface area contributed by atoms with Crippen LogP contribution in [0.2, 0.25) is 0 Å². The zero-order chi connectivity index (χ0) is 43.2. The molecule has 0 aliphatic heterocycles. The van der Waals surface area contributed by atoms with Crippen molar-refractivity contribution in [3.63, 3.8) is 0 Å². The summed E-state index contributed by atoms with van der Waals surface area (Å²) in [6.45, 7) is 3.62. The molecule has 2 atom stereocenters. The van der Waals surface area contributed by atoms with E-state index in [4.69, 9.17) is 24.3 Å². The Bertz CT molecular complexity index is 1110. The van der Waals surface area contributed by atoms with Crippen LogP contribution in [0.3, 0.4) is 0 Å². The summed E-state index contributed by atoms with van der Waals surface area (Å²) in [7, 11) is -4.39. The summed E-state index contributed by atoms with van der Waals surface area (Å²) >= 11 is 0. The van der Waals surface area contributed by atoms with Crippen LogP contribution >= 0.6 is 7.82 Å². The molecule has 0 saturated carbocycles. The fourth-order valence-corrected chi connectivity index (χ4v) is 7.45. The monoisotopic (exact) mass is 852 g/mol. The summed E-state index contributed by atoms with van der Waals surface area (Å²) in [6, 6.07) is 0. The van der Waals surface area contributed by atoms with Crippen molar-refractivity contribution >= 4 is 19.8 Å². The molecule has 0 aliphatic rings. The van der Waals surface area contributed by atoms with Gasteiger partial charge in [-0.3, -0.25) is 18.6 Å². The Hall–Kier alpha value is -2.03. The number of allylic oxidation sites excluding steroid dienone is 8. The quantitative estimate of drug-likeness (QED) is 0.0266. The number of nitrogens with two attached hydrogens (primary N) is 1. The molecular formula is C49H90NO8P. The van der Waals surface area contributed by atoms with Crippen molar-refractivity contribution in [1.29, 1.82) is 0 Å². The predicted molar refractivity (Wildman–Crippen MR) is 247 cm³/mol. The summed E-state index contributed by atoms with van der Waals surface area (Å²) in [5.74, 6) is -0.850. The average molecular weight is 852 g/mol. The molecule has 2 unspecified atom stereocenters. The van der Waals surface area contributed by atoms with Crippen LogP contribution in [-0.4, -0.2) is 49.3 Å². The molecule has 0 radical (unpaired) electrons. The van der Waals surface area contributed by atoms with Gasteiger partial charge in [0.15, 0.2) is 6.10 Å². The first kappa shape index (κ1) is 57.0. The van der Waals surface area contributed by atoms with E-state index in [1.807, 2.05) is 0 Å². The third kappa shape index (κ3) is 45.3. The Balaban J connectivity index is 4.09. The van der Waals surface area contributed by atoms with Gasteiger partial charge in [-0.2, -0.15) is 0 Å². The molecule has 0 spiro atoms. The topological polar surface area (TPSA) is 134 Å². The number of esters is 2. The first-order valence-corrected chi connectivity index (χ1v) is 25.6. The molecule has 0 fully saturated rings. The molecule has 0 amide bonds. The van der Waals surface area contributed by atoms with Crippen molar-refractivity contribution in [1.82, 2.24) is 0 Å². The second kappa shape index (κ2) is 45.5. The van der Waals surface area contributed by atoms with E-state index >= 15 is 0 Å². The Morgan fingerprint density at radius 2 is 0.932 bits per heavy atom. The highest BCUT2D eigenvalue weighted by Gasteiger charge is 2.26. The normalized spacial score (nSPS) is 13.6. The smallest absolute Gasteiger partial charge is 0.462 e. The van der Waals surface area contributed by atoms with Gasteiger partial charge in [0.2, 0.25) is 0 Å². The van der Waals surface area contributed by atoms with Crippen LogP contribution in [0.1, 0.15) is 219 Å². The number of rotatable bonds is 45. The Labute approximate surface area is 362 Å². The summed E-state index contributed by atoms with van der Waals surface area (Å²) < 4.78 is 32.9. The van der Waals surface area contributed by atoms with Gasteiger partial charge in [-0.25, -0.2) is 4.57 Å². The Morgan fingerprint density at radius 1 is 0.525 bits per heavy atom. The number of ether oxygens (including phenoxy) is 2. The molecule has 0 aromatic rings. The SMILES string of the molecule is CCC=CCC=CCC=CCC=CCCCCCCC(=O)OCC(COP(=O)(O)OCCN)OC(=O)CCCCCCCCCCCCCCCCCCCCCCC. The number of carbonyl (C=O) groups excluding carboxylic acids is 2. The van der Waals surface area contributed by atoms with Crippen LogP contribution < -0.4 is 5.73 Å². The Morgan fingerprint density at radius 3 is 1.39 bits per heavy atom. The first-order valence-electron chi connectivity index (χ1n) is 24.1. The molecular weight excluding hydrogens is 762 g/mol. The maximum atomic E-state index is 12.6. The summed E-state index contributed by atoms with van der Waals surface area (Å²) in [6.07, 6.45) is 52.9. The van der Waals surface area contributed by atoms with Gasteiger partial charge in [0.1, 0.15) is 6.61 Å². The molecule has 3 N–H and O–H groups in total. The van der Waals surface area contributed by atoms with Crippen LogP contribution in [0.25, 0.3) is 0 Å². The van der Waals surface area contributed by atoms with Gasteiger partial charge < -0.3 is 20.1 Å². The summed E-state index contributed by atoms with van der Waals surface area (Å²) in [5, 5.41) is 0. The second-order valence-corrected chi connectivity index (χ2v) is 17.4. The fraction of sp³-hybridized carbons (Fsp3) is 0.796. The summed E-state index contributed by atoms with van der Waals surface area (Å²) in [5.41, 5.74) is 5.36. The zero-order valence-electron chi connectivity index (χ0n) is 38.0. The van der Waals surface area contributed by atoms with Crippen molar-refractivity contribution in [3.8, 4) is 0 Å². The number of unbranched alkanes of at least 4 members (excludes halogenated alkanes) is 24. The predicted octanol–water partition coefficient (Wildman–Crippen LogP) is 14.3. The van der Waals surface area contributed by atoms with Crippen molar-refractivity contribution < 1.29 is 37.6 Å². The standard InChI is InChI=1S/C49H90NO8P/c1-3-5-7-9-11-13-15-17-19-21-22-23-24-26-28-30-32-34-36-38-40-42-49(52)58-47(46-57-59(53,54)56-44-43-50)45-55-48(51)41-39-37-35-33-31-29-27-25-20-18-16-14-12-10-8-6-4-2/h6,8,12,14,18,20,27,29,47H,3-5,7,9-11,13,15-17,19,21-26,28,30-46,50H2,1-2H3,(H,53,54). The van der Waals surface area contributed by atoms with Crippen molar-refractivity contribution in [3.05, 3.63) is 48.6 Å². The van der Waals surface area contributed by atoms with Crippen molar-refractivity contribution in [2.75, 3.05) is 26.4 Å². The number of phosphoric acid groups is 1. The summed E-state index contributed by atoms with van der Waals surface area (Å²) in [4.78, 5) is 35.0. The van der Waals surface area contributed by atoms with Crippen LogP contribution in [0.5, 0.6) is 0 Å². The van der Waals surface area contributed by atoms with Gasteiger partial charge in [0.05, 0.1) is 13.2 Å². The van der Waals surface area contributed by atoms with E-state index in [2.05, 4.69) is 62.5 Å². The van der Waals surface area contributed by atoms with E-state index in [1.165, 1.54) is 116 Å².